The topological polar surface area (TPSA) is 50.3 Å². The predicted octanol–water partition coefficient (Wildman–Crippen LogP) is 3.31. The average molecular weight is 325 g/mol. The number of rotatable bonds is 2. The van der Waals surface area contributed by atoms with E-state index in [0.29, 0.717) is 34.6 Å². The van der Waals surface area contributed by atoms with Gasteiger partial charge in [0.1, 0.15) is 5.15 Å². The van der Waals surface area contributed by atoms with Crippen molar-refractivity contribution in [2.45, 2.75) is 24.7 Å². The third-order valence-electron chi connectivity index (χ3n) is 3.88. The molecule has 3 rings (SSSR count). The second kappa shape index (κ2) is 5.55. The molecule has 0 radical (unpaired) electrons. The smallest absolute Gasteiger partial charge is 0.236 e. The van der Waals surface area contributed by atoms with Gasteiger partial charge in [-0.2, -0.15) is 4.31 Å². The van der Waals surface area contributed by atoms with Crippen molar-refractivity contribution in [1.29, 1.82) is 0 Å². The average Bonchev–Trinajstić information content (AvgIpc) is 2.46. The molecule has 1 aliphatic rings. The van der Waals surface area contributed by atoms with Gasteiger partial charge < -0.3 is 0 Å². The van der Waals surface area contributed by atoms with Crippen molar-refractivity contribution in [3.63, 3.8) is 0 Å². The number of hydrogen-bond acceptors (Lipinski definition) is 3. The minimum Gasteiger partial charge on any atom is -0.236 e. The van der Waals surface area contributed by atoms with E-state index in [1.165, 1.54) is 0 Å². The van der Waals surface area contributed by atoms with Crippen LogP contribution >= 0.6 is 11.6 Å². The third-order valence-corrected chi connectivity index (χ3v) is 5.96. The maximum atomic E-state index is 12.7. The van der Waals surface area contributed by atoms with Crippen molar-refractivity contribution in [3.8, 4) is 0 Å². The highest BCUT2D eigenvalue weighted by molar-refractivity contribution is 7.89. The second-order valence-corrected chi connectivity index (χ2v) is 7.92. The summed E-state index contributed by atoms with van der Waals surface area (Å²) >= 11 is 5.85. The van der Waals surface area contributed by atoms with Crippen LogP contribution in [0.2, 0.25) is 5.15 Å². The van der Waals surface area contributed by atoms with Gasteiger partial charge in [-0.3, -0.25) is 0 Å². The van der Waals surface area contributed by atoms with Crippen LogP contribution in [0.25, 0.3) is 10.9 Å². The van der Waals surface area contributed by atoms with Crippen molar-refractivity contribution >= 4 is 32.5 Å². The van der Waals surface area contributed by atoms with E-state index in [-0.39, 0.29) is 0 Å². The van der Waals surface area contributed by atoms with Gasteiger partial charge in [-0.1, -0.05) is 18.5 Å². The summed E-state index contributed by atoms with van der Waals surface area (Å²) in [5, 5.41) is 1.19. The molecule has 0 spiro atoms. The molecule has 1 aliphatic heterocycles. The number of piperidine rings is 1. The van der Waals surface area contributed by atoms with Crippen LogP contribution in [0.4, 0.5) is 0 Å². The van der Waals surface area contributed by atoms with E-state index in [1.54, 1.807) is 34.6 Å². The summed E-state index contributed by atoms with van der Waals surface area (Å²) in [6.07, 6.45) is 2.01. The number of benzene rings is 1. The lowest BCUT2D eigenvalue weighted by Crippen LogP contribution is -2.39. The quantitative estimate of drug-likeness (QED) is 0.796. The van der Waals surface area contributed by atoms with Gasteiger partial charge in [0.15, 0.2) is 0 Å². The molecule has 1 aromatic heterocycles. The summed E-state index contributed by atoms with van der Waals surface area (Å²) in [6.45, 7) is 3.29. The first-order valence-electron chi connectivity index (χ1n) is 7.03. The number of fused-ring (bicyclic) bond motifs is 1. The van der Waals surface area contributed by atoms with Crippen LogP contribution in [-0.4, -0.2) is 30.8 Å². The monoisotopic (exact) mass is 324 g/mol. The highest BCUT2D eigenvalue weighted by Crippen LogP contribution is 2.26. The molecule has 0 N–H and O–H groups in total. The van der Waals surface area contributed by atoms with Crippen LogP contribution in [0.3, 0.4) is 0 Å². The Hall–Kier alpha value is -1.17. The fraction of sp³-hybridized carbons (Fsp3) is 0.400. The maximum absolute atomic E-state index is 12.7. The predicted molar refractivity (Wildman–Crippen MR) is 83.9 cm³/mol. The van der Waals surface area contributed by atoms with E-state index in [9.17, 15) is 8.42 Å². The highest BCUT2D eigenvalue weighted by atomic mass is 35.5. The van der Waals surface area contributed by atoms with Gasteiger partial charge in [0.05, 0.1) is 10.4 Å². The molecular weight excluding hydrogens is 308 g/mol. The van der Waals surface area contributed by atoms with Crippen molar-refractivity contribution in [1.82, 2.24) is 9.29 Å². The zero-order chi connectivity index (χ0) is 15.0. The molecule has 21 heavy (non-hydrogen) atoms. The van der Waals surface area contributed by atoms with Gasteiger partial charge >= 0.3 is 0 Å². The van der Waals surface area contributed by atoms with Crippen molar-refractivity contribution in [2.75, 3.05) is 13.1 Å². The Labute approximate surface area is 129 Å². The molecule has 1 unspecified atom stereocenters. The first-order valence-corrected chi connectivity index (χ1v) is 8.85. The van der Waals surface area contributed by atoms with E-state index in [1.807, 2.05) is 0 Å². The van der Waals surface area contributed by atoms with Crippen LogP contribution < -0.4 is 0 Å². The van der Waals surface area contributed by atoms with Crippen LogP contribution in [0.1, 0.15) is 19.8 Å². The summed E-state index contributed by atoms with van der Waals surface area (Å²) in [6, 6.07) is 8.46. The lowest BCUT2D eigenvalue weighted by molar-refractivity contribution is 0.281. The first-order chi connectivity index (χ1) is 9.96. The number of nitrogens with zero attached hydrogens (tertiary/aromatic N) is 2. The summed E-state index contributed by atoms with van der Waals surface area (Å²) in [7, 11) is -3.42. The number of sulfonamides is 1. The molecule has 2 aromatic rings. The number of hydrogen-bond donors (Lipinski definition) is 0. The van der Waals surface area contributed by atoms with Crippen molar-refractivity contribution in [2.24, 2.45) is 5.92 Å². The summed E-state index contributed by atoms with van der Waals surface area (Å²) in [5.41, 5.74) is 0.702. The van der Waals surface area contributed by atoms with Crippen molar-refractivity contribution in [3.05, 3.63) is 35.5 Å². The molecular formula is C15H17ClN2O2S. The minimum atomic E-state index is -3.42. The Morgan fingerprint density at radius 2 is 2.10 bits per heavy atom. The Morgan fingerprint density at radius 3 is 2.86 bits per heavy atom. The number of pyridine rings is 1. The molecule has 2 heterocycles. The van der Waals surface area contributed by atoms with Gasteiger partial charge in [0.25, 0.3) is 0 Å². The molecule has 6 heteroatoms. The van der Waals surface area contributed by atoms with E-state index >= 15 is 0 Å². The molecule has 0 bridgehead atoms. The van der Waals surface area contributed by atoms with Gasteiger partial charge in [-0.05, 0) is 49.1 Å². The lowest BCUT2D eigenvalue weighted by atomic mass is 10.0. The van der Waals surface area contributed by atoms with E-state index in [2.05, 4.69) is 11.9 Å². The summed E-state index contributed by atoms with van der Waals surface area (Å²) in [4.78, 5) is 4.51. The van der Waals surface area contributed by atoms with Crippen LogP contribution in [0.5, 0.6) is 0 Å². The zero-order valence-corrected chi connectivity index (χ0v) is 13.4. The SMILES string of the molecule is CC1CCCN(S(=O)(=O)c2ccc3nc(Cl)ccc3c2)C1. The fourth-order valence-electron chi connectivity index (χ4n) is 2.75. The van der Waals surface area contributed by atoms with Crippen molar-refractivity contribution < 1.29 is 8.42 Å². The zero-order valence-electron chi connectivity index (χ0n) is 11.8. The molecule has 112 valence electrons. The molecule has 0 saturated carbocycles. The largest absolute Gasteiger partial charge is 0.243 e. The molecule has 4 nitrogen and oxygen atoms in total. The number of aromatic nitrogens is 1. The normalized spacial score (nSPS) is 20.8. The standard InChI is InChI=1S/C15H17ClN2O2S/c1-11-3-2-8-18(10-11)21(19,20)13-5-6-14-12(9-13)4-7-15(16)17-14/h4-7,9,11H,2-3,8,10H2,1H3. The fourth-order valence-corrected chi connectivity index (χ4v) is 4.54. The molecule has 1 aromatic carbocycles. The second-order valence-electron chi connectivity index (χ2n) is 5.60. The molecule has 1 fully saturated rings. The maximum Gasteiger partial charge on any atom is 0.243 e. The van der Waals surface area contributed by atoms with Crippen LogP contribution in [0, 0.1) is 5.92 Å². The Kier molecular flexibility index (Phi) is 3.90. The Bertz CT molecular complexity index is 776. The Balaban J connectivity index is 2.00. The molecule has 1 atom stereocenters. The van der Waals surface area contributed by atoms with E-state index in [4.69, 9.17) is 11.6 Å². The minimum absolute atomic E-state index is 0.327. The van der Waals surface area contributed by atoms with E-state index in [0.717, 1.165) is 18.2 Å². The van der Waals surface area contributed by atoms with Crippen LogP contribution in [-0.2, 0) is 10.0 Å². The van der Waals surface area contributed by atoms with Gasteiger partial charge in [-0.15, -0.1) is 0 Å². The molecule has 1 saturated heterocycles. The van der Waals surface area contributed by atoms with Crippen LogP contribution in [0.15, 0.2) is 35.2 Å². The Morgan fingerprint density at radius 1 is 1.29 bits per heavy atom. The van der Waals surface area contributed by atoms with Gasteiger partial charge in [0, 0.05) is 18.5 Å². The lowest BCUT2D eigenvalue weighted by Gasteiger charge is -2.30. The summed E-state index contributed by atoms with van der Waals surface area (Å²) in [5.74, 6) is 0.412. The first kappa shape index (κ1) is 14.8. The third kappa shape index (κ3) is 2.91. The molecule has 0 aliphatic carbocycles. The van der Waals surface area contributed by atoms with Gasteiger partial charge in [0.2, 0.25) is 10.0 Å². The summed E-state index contributed by atoms with van der Waals surface area (Å²) < 4.78 is 27.0. The van der Waals surface area contributed by atoms with E-state index < -0.39 is 10.0 Å². The number of halogens is 1. The van der Waals surface area contributed by atoms with Gasteiger partial charge in [-0.25, -0.2) is 13.4 Å². The molecule has 0 amide bonds. The highest BCUT2D eigenvalue weighted by Gasteiger charge is 2.28.